The molecule has 2 amide bonds. The van der Waals surface area contributed by atoms with Crippen molar-refractivity contribution in [2.45, 2.75) is 11.8 Å². The molecule has 1 heterocycles. The maximum atomic E-state index is 13.5. The quantitative estimate of drug-likeness (QED) is 0.285. The van der Waals surface area contributed by atoms with E-state index in [2.05, 4.69) is 10.3 Å². The molecule has 0 aliphatic carbocycles. The molecule has 36 heavy (non-hydrogen) atoms. The van der Waals surface area contributed by atoms with Crippen molar-refractivity contribution in [2.24, 2.45) is 4.99 Å². The van der Waals surface area contributed by atoms with Crippen molar-refractivity contribution in [1.82, 2.24) is 4.31 Å². The van der Waals surface area contributed by atoms with Crippen LogP contribution >= 0.6 is 11.8 Å². The number of carbonyl (C=O) groups excluding carboxylic acids is 2. The van der Waals surface area contributed by atoms with Crippen LogP contribution in [0, 0.1) is 10.1 Å². The molecule has 3 aromatic carbocycles. The van der Waals surface area contributed by atoms with Gasteiger partial charge in [0, 0.05) is 24.7 Å². The first-order chi connectivity index (χ1) is 17.1. The molecule has 0 aromatic heterocycles. The number of nitro groups is 1. The van der Waals surface area contributed by atoms with E-state index in [9.17, 15) is 28.1 Å². The van der Waals surface area contributed by atoms with E-state index in [-0.39, 0.29) is 26.6 Å². The summed E-state index contributed by atoms with van der Waals surface area (Å²) in [6.45, 7) is 1.33. The number of sulfonamides is 1. The van der Waals surface area contributed by atoms with E-state index in [0.29, 0.717) is 21.2 Å². The van der Waals surface area contributed by atoms with Crippen molar-refractivity contribution < 1.29 is 22.9 Å². The maximum Gasteiger partial charge on any atom is 0.280 e. The minimum atomic E-state index is -4.36. The number of aliphatic imine (C=N–C) groups is 1. The third kappa shape index (κ3) is 5.34. The number of amides is 2. The van der Waals surface area contributed by atoms with Gasteiger partial charge in [-0.25, -0.2) is 13.4 Å². The van der Waals surface area contributed by atoms with Crippen molar-refractivity contribution >= 4 is 61.9 Å². The summed E-state index contributed by atoms with van der Waals surface area (Å²) in [6.07, 6.45) is 1.45. The minimum Gasteiger partial charge on any atom is -0.326 e. The largest absolute Gasteiger partial charge is 0.326 e. The lowest BCUT2D eigenvalue weighted by molar-refractivity contribution is -0.384. The zero-order chi connectivity index (χ0) is 25.9. The summed E-state index contributed by atoms with van der Waals surface area (Å²) in [6, 6.07) is 19.5. The number of non-ortho nitro benzene ring substituents is 1. The van der Waals surface area contributed by atoms with E-state index in [4.69, 9.17) is 0 Å². The van der Waals surface area contributed by atoms with E-state index in [1.165, 1.54) is 61.5 Å². The second kappa shape index (κ2) is 10.1. The van der Waals surface area contributed by atoms with Gasteiger partial charge >= 0.3 is 0 Å². The smallest absolute Gasteiger partial charge is 0.280 e. The van der Waals surface area contributed by atoms with Crippen molar-refractivity contribution in [1.29, 1.82) is 0 Å². The molecule has 12 heteroatoms. The van der Waals surface area contributed by atoms with Gasteiger partial charge in [-0.05, 0) is 71.9 Å². The SMILES string of the molecule is CC(=O)Nc1ccc(S(=O)(=O)N2C(=O)C(=Cc3ccc([N+](=O)[O-])cc3)SC2=Nc2ccccc2)cc1. The van der Waals surface area contributed by atoms with E-state index in [0.717, 1.165) is 11.8 Å². The van der Waals surface area contributed by atoms with Gasteiger partial charge in [0.1, 0.15) is 0 Å². The Morgan fingerprint density at radius 3 is 2.25 bits per heavy atom. The predicted molar refractivity (Wildman–Crippen MR) is 137 cm³/mol. The van der Waals surface area contributed by atoms with Crippen molar-refractivity contribution in [2.75, 3.05) is 5.32 Å². The van der Waals surface area contributed by atoms with Gasteiger partial charge in [-0.15, -0.1) is 0 Å². The number of carbonyl (C=O) groups is 2. The number of amidine groups is 1. The van der Waals surface area contributed by atoms with Crippen molar-refractivity contribution in [3.63, 3.8) is 0 Å². The molecule has 0 saturated carbocycles. The third-order valence-corrected chi connectivity index (χ3v) is 7.64. The van der Waals surface area contributed by atoms with Crippen LogP contribution in [0.5, 0.6) is 0 Å². The van der Waals surface area contributed by atoms with Crippen molar-refractivity contribution in [3.8, 4) is 0 Å². The Morgan fingerprint density at radius 1 is 1.03 bits per heavy atom. The Hall–Kier alpha value is -4.29. The predicted octanol–water partition coefficient (Wildman–Crippen LogP) is 4.55. The second-order valence-corrected chi connectivity index (χ2v) is 10.3. The zero-order valence-electron chi connectivity index (χ0n) is 18.7. The summed E-state index contributed by atoms with van der Waals surface area (Å²) in [5.74, 6) is -1.12. The molecule has 0 atom stereocenters. The van der Waals surface area contributed by atoms with Gasteiger partial charge in [-0.1, -0.05) is 18.2 Å². The lowest BCUT2D eigenvalue weighted by Gasteiger charge is -2.16. The average Bonchev–Trinajstić information content (AvgIpc) is 3.15. The number of nitrogens with one attached hydrogen (secondary N) is 1. The highest BCUT2D eigenvalue weighted by atomic mass is 32.2. The topological polar surface area (TPSA) is 139 Å². The second-order valence-electron chi connectivity index (χ2n) is 7.47. The van der Waals surface area contributed by atoms with Gasteiger partial charge in [0.05, 0.1) is 20.4 Å². The summed E-state index contributed by atoms with van der Waals surface area (Å²) in [7, 11) is -4.36. The van der Waals surface area contributed by atoms with Crippen LogP contribution in [-0.2, 0) is 19.6 Å². The third-order valence-electron chi connectivity index (χ3n) is 4.87. The molecule has 4 rings (SSSR count). The van der Waals surface area contributed by atoms with Gasteiger partial charge in [0.15, 0.2) is 5.17 Å². The fraction of sp³-hybridized carbons (Fsp3) is 0.0417. The van der Waals surface area contributed by atoms with Crippen molar-refractivity contribution in [3.05, 3.63) is 99.4 Å². The average molecular weight is 523 g/mol. The van der Waals surface area contributed by atoms with E-state index in [1.807, 2.05) is 0 Å². The highest BCUT2D eigenvalue weighted by Crippen LogP contribution is 2.38. The Kier molecular flexibility index (Phi) is 6.99. The number of hydrogen-bond donors (Lipinski definition) is 1. The number of para-hydroxylation sites is 1. The van der Waals surface area contributed by atoms with Crippen LogP contribution in [0.4, 0.5) is 17.1 Å². The molecule has 0 radical (unpaired) electrons. The first-order valence-electron chi connectivity index (χ1n) is 10.4. The molecule has 1 saturated heterocycles. The fourth-order valence-electron chi connectivity index (χ4n) is 3.22. The van der Waals surface area contributed by atoms with Gasteiger partial charge in [-0.2, -0.15) is 4.31 Å². The van der Waals surface area contributed by atoms with Gasteiger partial charge in [0.2, 0.25) is 5.91 Å². The molecule has 0 unspecified atom stereocenters. The summed E-state index contributed by atoms with van der Waals surface area (Å²) >= 11 is 0.878. The van der Waals surface area contributed by atoms with Crippen LogP contribution in [0.3, 0.4) is 0 Å². The minimum absolute atomic E-state index is 0.0645. The van der Waals surface area contributed by atoms with Crippen LogP contribution in [-0.4, -0.2) is 34.6 Å². The normalized spacial score (nSPS) is 15.9. The summed E-state index contributed by atoms with van der Waals surface area (Å²) in [4.78, 5) is 39.3. The first-order valence-corrected chi connectivity index (χ1v) is 12.7. The van der Waals surface area contributed by atoms with E-state index < -0.39 is 20.9 Å². The van der Waals surface area contributed by atoms with Crippen LogP contribution < -0.4 is 5.32 Å². The Morgan fingerprint density at radius 2 is 1.67 bits per heavy atom. The number of anilines is 1. The number of rotatable bonds is 6. The summed E-state index contributed by atoms with van der Waals surface area (Å²) in [5, 5.41) is 13.4. The number of nitro benzene ring substituents is 1. The Bertz CT molecular complexity index is 1500. The number of nitrogens with zero attached hydrogens (tertiary/aromatic N) is 3. The van der Waals surface area contributed by atoms with Gasteiger partial charge < -0.3 is 5.32 Å². The number of hydrogen-bond acceptors (Lipinski definition) is 8. The fourth-order valence-corrected chi connectivity index (χ4v) is 5.82. The Balaban J connectivity index is 1.75. The lowest BCUT2D eigenvalue weighted by atomic mass is 10.2. The molecule has 1 aliphatic heterocycles. The van der Waals surface area contributed by atoms with Gasteiger partial charge in [0.25, 0.3) is 21.6 Å². The maximum absolute atomic E-state index is 13.5. The van der Waals surface area contributed by atoms with E-state index in [1.54, 1.807) is 30.3 Å². The monoisotopic (exact) mass is 522 g/mol. The molecule has 1 N–H and O–H groups in total. The van der Waals surface area contributed by atoms with Crippen LogP contribution in [0.15, 0.2) is 93.7 Å². The summed E-state index contributed by atoms with van der Waals surface area (Å²) in [5.41, 5.74) is 1.22. The van der Waals surface area contributed by atoms with E-state index >= 15 is 0 Å². The van der Waals surface area contributed by atoms with Crippen LogP contribution in [0.25, 0.3) is 6.08 Å². The molecule has 3 aromatic rings. The molecule has 0 spiro atoms. The molecule has 0 bridgehead atoms. The molecular formula is C24H18N4O6S2. The highest BCUT2D eigenvalue weighted by molar-refractivity contribution is 8.20. The molecule has 1 aliphatic rings. The molecule has 182 valence electrons. The molecule has 1 fully saturated rings. The highest BCUT2D eigenvalue weighted by Gasteiger charge is 2.42. The van der Waals surface area contributed by atoms with Gasteiger partial charge in [-0.3, -0.25) is 19.7 Å². The zero-order valence-corrected chi connectivity index (χ0v) is 20.3. The molecular weight excluding hydrogens is 504 g/mol. The lowest BCUT2D eigenvalue weighted by Crippen LogP contribution is -2.35. The number of thioether (sulfide) groups is 1. The number of benzene rings is 3. The van der Waals surface area contributed by atoms with Crippen LogP contribution in [0.2, 0.25) is 0 Å². The van der Waals surface area contributed by atoms with Crippen LogP contribution in [0.1, 0.15) is 12.5 Å². The first kappa shape index (κ1) is 24.8. The summed E-state index contributed by atoms with van der Waals surface area (Å²) < 4.78 is 27.7. The Labute approximate surface area is 210 Å². The standard InChI is InChI=1S/C24H18N4O6S2/c1-16(29)25-19-9-13-21(14-10-19)36(33,34)27-23(30)22(15-17-7-11-20(12-8-17)28(31)32)35-24(27)26-18-5-3-2-4-6-18/h2-15H,1H3,(H,25,29). The molecule has 10 nitrogen and oxygen atoms in total.